The molecule has 1 aromatic carbocycles. The van der Waals surface area contributed by atoms with Crippen LogP contribution in [0.4, 0.5) is 8.78 Å². The molecule has 146 valence electrons. The predicted molar refractivity (Wildman–Crippen MR) is 95.2 cm³/mol. The molecule has 0 spiro atoms. The Balaban J connectivity index is 1.71. The second kappa shape index (κ2) is 7.76. The Morgan fingerprint density at radius 1 is 1.41 bits per heavy atom. The van der Waals surface area contributed by atoms with E-state index in [0.29, 0.717) is 18.5 Å². The van der Waals surface area contributed by atoms with Crippen molar-refractivity contribution in [2.24, 2.45) is 0 Å². The van der Waals surface area contributed by atoms with E-state index in [4.69, 9.17) is 4.74 Å². The number of nitrogens with zero attached hydrogens (tertiary/aromatic N) is 2. The summed E-state index contributed by atoms with van der Waals surface area (Å²) in [6.07, 6.45) is 2.60. The molecule has 7 heteroatoms. The predicted octanol–water partition coefficient (Wildman–Crippen LogP) is 3.59. The molecule has 1 saturated carbocycles. The van der Waals surface area contributed by atoms with Gasteiger partial charge in [-0.15, -0.1) is 0 Å². The van der Waals surface area contributed by atoms with Gasteiger partial charge in [0.2, 0.25) is 0 Å². The summed E-state index contributed by atoms with van der Waals surface area (Å²) in [7, 11) is 0. The molecule has 3 rings (SSSR count). The van der Waals surface area contributed by atoms with Crippen molar-refractivity contribution in [1.82, 2.24) is 9.55 Å². The minimum atomic E-state index is -2.81. The molecule has 1 fully saturated rings. The van der Waals surface area contributed by atoms with Gasteiger partial charge < -0.3 is 14.4 Å². The fourth-order valence-electron chi connectivity index (χ4n) is 3.48. The first kappa shape index (κ1) is 19.5. The van der Waals surface area contributed by atoms with Crippen LogP contribution < -0.4 is 0 Å². The Morgan fingerprint density at radius 2 is 2.15 bits per heavy atom. The zero-order valence-corrected chi connectivity index (χ0v) is 15.3. The number of benzene rings is 1. The molecule has 1 aliphatic rings. The van der Waals surface area contributed by atoms with Crippen LogP contribution in [0.3, 0.4) is 0 Å². The maximum atomic E-state index is 13.4. The number of imidazole rings is 1. The molecule has 0 saturated heterocycles. The molecule has 2 aromatic rings. The van der Waals surface area contributed by atoms with Gasteiger partial charge in [-0.1, -0.05) is 30.3 Å². The molecular weight excluding hydrogens is 354 g/mol. The molecule has 5 nitrogen and oxygen atoms in total. The van der Waals surface area contributed by atoms with E-state index in [2.05, 4.69) is 4.98 Å². The van der Waals surface area contributed by atoms with E-state index in [1.54, 1.807) is 36.5 Å². The smallest absolute Gasteiger partial charge is 0.343 e. The van der Waals surface area contributed by atoms with Crippen LogP contribution >= 0.6 is 0 Å². The second-order valence-corrected chi connectivity index (χ2v) is 7.12. The Kier molecular flexibility index (Phi) is 5.60. The van der Waals surface area contributed by atoms with Crippen molar-refractivity contribution < 1.29 is 23.4 Å². The van der Waals surface area contributed by atoms with Crippen molar-refractivity contribution in [2.75, 3.05) is 0 Å². The van der Waals surface area contributed by atoms with Crippen molar-refractivity contribution in [3.63, 3.8) is 0 Å². The van der Waals surface area contributed by atoms with Crippen LogP contribution in [0.2, 0.25) is 0 Å². The van der Waals surface area contributed by atoms with Gasteiger partial charge in [0.1, 0.15) is 11.9 Å². The number of aromatic nitrogens is 2. The van der Waals surface area contributed by atoms with Gasteiger partial charge in [0.05, 0.1) is 0 Å². The largest absolute Gasteiger partial charge is 0.460 e. The van der Waals surface area contributed by atoms with Gasteiger partial charge in [0.15, 0.2) is 5.60 Å². The zero-order chi connectivity index (χ0) is 19.5. The molecular formula is C20H24F2N2O3. The van der Waals surface area contributed by atoms with E-state index in [-0.39, 0.29) is 19.3 Å². The van der Waals surface area contributed by atoms with Crippen molar-refractivity contribution in [3.05, 3.63) is 54.1 Å². The average Bonchev–Trinajstić information content (AvgIpc) is 3.20. The van der Waals surface area contributed by atoms with Crippen LogP contribution in [0.1, 0.15) is 43.5 Å². The summed E-state index contributed by atoms with van der Waals surface area (Å²) in [6.45, 7) is 2.45. The van der Waals surface area contributed by atoms with Gasteiger partial charge in [0.25, 0.3) is 5.92 Å². The number of carbonyl (C=O) groups is 1. The SMILES string of the molecule is Cc1nccn1CCC[C@](O)(C(=O)O[C@H]1CCC(F)(F)C1)c1ccccc1. The number of hydrogen-bond donors (Lipinski definition) is 1. The third kappa shape index (κ3) is 4.53. The first-order valence-corrected chi connectivity index (χ1v) is 9.15. The highest BCUT2D eigenvalue weighted by Gasteiger charge is 2.45. The Bertz CT molecular complexity index is 779. The van der Waals surface area contributed by atoms with E-state index in [9.17, 15) is 18.7 Å². The van der Waals surface area contributed by atoms with Gasteiger partial charge in [-0.3, -0.25) is 0 Å². The fraction of sp³-hybridized carbons (Fsp3) is 0.500. The van der Waals surface area contributed by atoms with Gasteiger partial charge in [-0.2, -0.15) is 0 Å². The molecule has 1 heterocycles. The highest BCUT2D eigenvalue weighted by molar-refractivity contribution is 5.81. The molecule has 27 heavy (non-hydrogen) atoms. The van der Waals surface area contributed by atoms with E-state index < -0.39 is 30.0 Å². The molecule has 0 bridgehead atoms. The summed E-state index contributed by atoms with van der Waals surface area (Å²) in [4.78, 5) is 16.9. The molecule has 2 atom stereocenters. The van der Waals surface area contributed by atoms with Crippen LogP contribution in [0, 0.1) is 6.92 Å². The van der Waals surface area contributed by atoms with E-state index >= 15 is 0 Å². The normalized spacial score (nSPS) is 21.0. The van der Waals surface area contributed by atoms with E-state index in [0.717, 1.165) is 5.82 Å². The highest BCUT2D eigenvalue weighted by atomic mass is 19.3. The van der Waals surface area contributed by atoms with Crippen LogP contribution in [0.25, 0.3) is 0 Å². The average molecular weight is 378 g/mol. The number of aliphatic hydroxyl groups is 1. The van der Waals surface area contributed by atoms with Gasteiger partial charge in [0, 0.05) is 31.8 Å². The highest BCUT2D eigenvalue weighted by Crippen LogP contribution is 2.38. The third-order valence-electron chi connectivity index (χ3n) is 5.08. The first-order valence-electron chi connectivity index (χ1n) is 9.15. The number of alkyl halides is 2. The van der Waals surface area contributed by atoms with E-state index in [1.165, 1.54) is 0 Å². The van der Waals surface area contributed by atoms with Gasteiger partial charge >= 0.3 is 5.97 Å². The van der Waals surface area contributed by atoms with Crippen molar-refractivity contribution in [1.29, 1.82) is 0 Å². The maximum absolute atomic E-state index is 13.4. The zero-order valence-electron chi connectivity index (χ0n) is 15.3. The Hall–Kier alpha value is -2.28. The summed E-state index contributed by atoms with van der Waals surface area (Å²) < 4.78 is 34.0. The van der Waals surface area contributed by atoms with Crippen molar-refractivity contribution >= 4 is 5.97 Å². The molecule has 1 N–H and O–H groups in total. The lowest BCUT2D eigenvalue weighted by molar-refractivity contribution is -0.174. The topological polar surface area (TPSA) is 64.3 Å². The minimum absolute atomic E-state index is 0.109. The number of halogens is 2. The number of ether oxygens (including phenoxy) is 1. The third-order valence-corrected chi connectivity index (χ3v) is 5.08. The van der Waals surface area contributed by atoms with Crippen LogP contribution in [-0.4, -0.2) is 32.7 Å². The molecule has 1 aliphatic carbocycles. The number of aryl methyl sites for hydroxylation is 2. The van der Waals surface area contributed by atoms with Crippen molar-refractivity contribution in [3.8, 4) is 0 Å². The summed E-state index contributed by atoms with van der Waals surface area (Å²) in [5, 5.41) is 11.2. The fourth-order valence-corrected chi connectivity index (χ4v) is 3.48. The van der Waals surface area contributed by atoms with Crippen LogP contribution in [-0.2, 0) is 21.7 Å². The quantitative estimate of drug-likeness (QED) is 0.748. The van der Waals surface area contributed by atoms with E-state index in [1.807, 2.05) is 17.7 Å². The van der Waals surface area contributed by atoms with Crippen LogP contribution in [0.15, 0.2) is 42.7 Å². The van der Waals surface area contributed by atoms with Gasteiger partial charge in [-0.25, -0.2) is 18.6 Å². The number of carbonyl (C=O) groups excluding carboxylic acids is 1. The summed E-state index contributed by atoms with van der Waals surface area (Å²) >= 11 is 0. The van der Waals surface area contributed by atoms with Gasteiger partial charge in [-0.05, 0) is 31.7 Å². The summed E-state index contributed by atoms with van der Waals surface area (Å²) in [6, 6.07) is 8.51. The standard InChI is InChI=1S/C20H24F2N2O3/c1-15-23-11-13-24(15)12-5-9-20(26,16-6-3-2-4-7-16)18(25)27-17-8-10-19(21,22)14-17/h2-4,6-7,11,13,17,26H,5,8-10,12,14H2,1H3/t17-,20+/m0/s1. The summed E-state index contributed by atoms with van der Waals surface area (Å²) in [5.74, 6) is -2.83. The Labute approximate surface area is 157 Å². The monoisotopic (exact) mass is 378 g/mol. The van der Waals surface area contributed by atoms with Crippen LogP contribution in [0.5, 0.6) is 0 Å². The second-order valence-electron chi connectivity index (χ2n) is 7.12. The van der Waals surface area contributed by atoms with Crippen molar-refractivity contribution in [2.45, 2.75) is 63.2 Å². The first-order chi connectivity index (χ1) is 12.8. The number of hydrogen-bond acceptors (Lipinski definition) is 4. The lowest BCUT2D eigenvalue weighted by Crippen LogP contribution is -2.39. The molecule has 0 radical (unpaired) electrons. The molecule has 0 aliphatic heterocycles. The number of esters is 1. The molecule has 0 amide bonds. The molecule has 1 aromatic heterocycles. The maximum Gasteiger partial charge on any atom is 0.343 e. The summed E-state index contributed by atoms with van der Waals surface area (Å²) in [5.41, 5.74) is -1.46. The lowest BCUT2D eigenvalue weighted by Gasteiger charge is -2.28. The lowest BCUT2D eigenvalue weighted by atomic mass is 9.89. The Morgan fingerprint density at radius 3 is 2.74 bits per heavy atom. The minimum Gasteiger partial charge on any atom is -0.460 e. The number of rotatable bonds is 7. The molecule has 0 unspecified atom stereocenters.